The van der Waals surface area contributed by atoms with Crippen LogP contribution in [0.25, 0.3) is 0 Å². The van der Waals surface area contributed by atoms with Crippen molar-refractivity contribution in [1.29, 1.82) is 0 Å². The van der Waals surface area contributed by atoms with Crippen molar-refractivity contribution in [2.45, 2.75) is 69.7 Å². The molecular weight excluding hydrogens is 558 g/mol. The average Bonchev–Trinajstić information content (AvgIpc) is 3.40. The number of phenols is 1. The zero-order valence-electron chi connectivity index (χ0n) is 22.6. The van der Waals surface area contributed by atoms with Gasteiger partial charge in [-0.15, -0.1) is 0 Å². The van der Waals surface area contributed by atoms with Gasteiger partial charge in [-0.1, -0.05) is 26.0 Å². The maximum Gasteiger partial charge on any atom is 0.326 e. The first-order valence-electron chi connectivity index (χ1n) is 13.1. The summed E-state index contributed by atoms with van der Waals surface area (Å²) < 4.78 is 0. The number of amides is 4. The number of carboxylic acids is 1. The minimum absolute atomic E-state index is 0.0384. The van der Waals surface area contributed by atoms with Gasteiger partial charge < -0.3 is 36.8 Å². The minimum Gasteiger partial charge on any atom is -0.508 e. The third kappa shape index (κ3) is 9.59. The molecule has 0 unspecified atom stereocenters. The monoisotopic (exact) mass is 597 g/mol. The molecule has 0 aliphatic carbocycles. The molecule has 1 aromatic rings. The molecule has 1 saturated heterocycles. The molecule has 7 N–H and O–H groups in total. The number of benzene rings is 1. The number of carbonyl (C=O) groups excluding carboxylic acids is 4. The number of aliphatic carboxylic acids is 1. The number of hydrogen-bond donors (Lipinski definition) is 8. The van der Waals surface area contributed by atoms with Crippen molar-refractivity contribution >= 4 is 54.9 Å². The highest BCUT2D eigenvalue weighted by atomic mass is 32.1. The molecule has 0 saturated carbocycles. The third-order valence-corrected chi connectivity index (χ3v) is 7.24. The van der Waals surface area contributed by atoms with Gasteiger partial charge in [0.25, 0.3) is 0 Å². The molecule has 12 nitrogen and oxygen atoms in total. The van der Waals surface area contributed by atoms with Crippen LogP contribution in [-0.4, -0.2) is 93.0 Å². The fraction of sp³-hybridized carbons (Fsp3) is 0.577. The Hall–Kier alpha value is -2.97. The topological polar surface area (TPSA) is 191 Å². The van der Waals surface area contributed by atoms with E-state index in [4.69, 9.17) is 5.73 Å². The molecule has 0 bridgehead atoms. The molecular formula is C26H39N5O7S2. The van der Waals surface area contributed by atoms with Crippen LogP contribution in [0.15, 0.2) is 24.3 Å². The van der Waals surface area contributed by atoms with E-state index in [-0.39, 0.29) is 36.1 Å². The normalized spacial score (nSPS) is 17.9. The van der Waals surface area contributed by atoms with Gasteiger partial charge in [0.15, 0.2) is 0 Å². The molecule has 1 aromatic carbocycles. The number of aromatic hydroxyl groups is 1. The molecule has 2 rings (SSSR count). The first kappa shape index (κ1) is 33.2. The zero-order valence-corrected chi connectivity index (χ0v) is 24.4. The highest BCUT2D eigenvalue weighted by Crippen LogP contribution is 2.19. The summed E-state index contributed by atoms with van der Waals surface area (Å²) >= 11 is 8.33. The van der Waals surface area contributed by atoms with Crippen LogP contribution >= 0.6 is 25.3 Å². The maximum absolute atomic E-state index is 13.3. The van der Waals surface area contributed by atoms with E-state index in [1.807, 2.05) is 13.8 Å². The summed E-state index contributed by atoms with van der Waals surface area (Å²) in [5.74, 6) is -3.64. The molecule has 1 aliphatic rings. The van der Waals surface area contributed by atoms with Crippen molar-refractivity contribution in [3.63, 3.8) is 0 Å². The Labute approximate surface area is 244 Å². The molecule has 5 atom stereocenters. The van der Waals surface area contributed by atoms with Crippen molar-refractivity contribution in [2.24, 2.45) is 11.7 Å². The van der Waals surface area contributed by atoms with Crippen LogP contribution in [0.1, 0.15) is 38.7 Å². The van der Waals surface area contributed by atoms with Gasteiger partial charge in [0.2, 0.25) is 23.6 Å². The number of phenolic OH excluding ortho intramolecular Hbond substituents is 1. The van der Waals surface area contributed by atoms with E-state index in [0.717, 1.165) is 0 Å². The number of carboxylic acid groups (broad SMARTS) is 1. The van der Waals surface area contributed by atoms with Gasteiger partial charge in [-0.3, -0.25) is 19.2 Å². The standard InChI is InChI=1S/C26H39N5O7S2/c1-14(2)10-17(27)22(33)28-18(11-15-5-7-16(32)8-6-15)23(34)29-19(12-39)24(35)30-20(13-40)25(36)31-9-3-4-21(31)26(37)38/h5-8,14,17-21,32,39-40H,3-4,9-13,27H2,1-2H3,(H,28,33)(H,29,34)(H,30,35)(H,37,38)/t17-,18-,19-,20-,21-/m0/s1. The number of rotatable bonds is 14. The van der Waals surface area contributed by atoms with E-state index in [2.05, 4.69) is 41.2 Å². The van der Waals surface area contributed by atoms with E-state index < -0.39 is 59.8 Å². The maximum atomic E-state index is 13.3. The number of nitrogens with one attached hydrogen (secondary N) is 3. The van der Waals surface area contributed by atoms with E-state index in [0.29, 0.717) is 24.8 Å². The second-order valence-electron chi connectivity index (χ2n) is 10.2. The summed E-state index contributed by atoms with van der Waals surface area (Å²) in [4.78, 5) is 64.8. The molecule has 4 amide bonds. The predicted molar refractivity (Wildman–Crippen MR) is 155 cm³/mol. The second kappa shape index (κ2) is 15.7. The Balaban J connectivity index is 2.14. The largest absolute Gasteiger partial charge is 0.508 e. The van der Waals surface area contributed by atoms with Gasteiger partial charge in [0.1, 0.15) is 29.9 Å². The Morgan fingerprint density at radius 2 is 1.50 bits per heavy atom. The lowest BCUT2D eigenvalue weighted by Gasteiger charge is -2.28. The van der Waals surface area contributed by atoms with Crippen LogP contribution in [0.5, 0.6) is 5.75 Å². The molecule has 0 spiro atoms. The van der Waals surface area contributed by atoms with E-state index >= 15 is 0 Å². The van der Waals surface area contributed by atoms with E-state index in [1.165, 1.54) is 17.0 Å². The SMILES string of the molecule is CC(C)C[C@H](N)C(=O)N[C@@H](Cc1ccc(O)cc1)C(=O)N[C@@H](CS)C(=O)N[C@@H](CS)C(=O)N1CCC[C@H]1C(=O)O. The lowest BCUT2D eigenvalue weighted by molar-refractivity contribution is -0.149. The lowest BCUT2D eigenvalue weighted by Crippen LogP contribution is -2.59. The minimum atomic E-state index is -1.18. The molecule has 1 heterocycles. The Bertz CT molecular complexity index is 1060. The van der Waals surface area contributed by atoms with Gasteiger partial charge in [0.05, 0.1) is 6.04 Å². The molecule has 1 aliphatic heterocycles. The van der Waals surface area contributed by atoms with Crippen molar-refractivity contribution < 1.29 is 34.2 Å². The number of nitrogens with zero attached hydrogens (tertiary/aromatic N) is 1. The van der Waals surface area contributed by atoms with Crippen LogP contribution in [0.3, 0.4) is 0 Å². The average molecular weight is 598 g/mol. The molecule has 0 radical (unpaired) electrons. The summed E-state index contributed by atoms with van der Waals surface area (Å²) in [6, 6.07) is 0.886. The summed E-state index contributed by atoms with van der Waals surface area (Å²) in [6.45, 7) is 4.08. The number of nitrogens with two attached hydrogens (primary N) is 1. The van der Waals surface area contributed by atoms with Gasteiger partial charge in [-0.25, -0.2) is 4.79 Å². The Morgan fingerprint density at radius 1 is 0.950 bits per heavy atom. The number of likely N-dealkylation sites (tertiary alicyclic amines) is 1. The molecule has 40 heavy (non-hydrogen) atoms. The smallest absolute Gasteiger partial charge is 0.326 e. The highest BCUT2D eigenvalue weighted by molar-refractivity contribution is 7.80. The summed E-state index contributed by atoms with van der Waals surface area (Å²) in [5.41, 5.74) is 6.64. The molecule has 0 aromatic heterocycles. The van der Waals surface area contributed by atoms with Gasteiger partial charge >= 0.3 is 5.97 Å². The fourth-order valence-corrected chi connectivity index (χ4v) is 4.89. The lowest BCUT2D eigenvalue weighted by atomic mass is 10.0. The Kier molecular flexibility index (Phi) is 13.1. The fourth-order valence-electron chi connectivity index (χ4n) is 4.38. The van der Waals surface area contributed by atoms with Crippen molar-refractivity contribution in [3.8, 4) is 5.75 Å². The number of carbonyl (C=O) groups is 5. The van der Waals surface area contributed by atoms with Crippen LogP contribution < -0.4 is 21.7 Å². The third-order valence-electron chi connectivity index (χ3n) is 6.50. The van der Waals surface area contributed by atoms with Crippen LogP contribution in [0.2, 0.25) is 0 Å². The molecule has 222 valence electrons. The summed E-state index contributed by atoms with van der Waals surface area (Å²) in [5, 5.41) is 26.7. The number of hydrogen-bond acceptors (Lipinski definition) is 9. The van der Waals surface area contributed by atoms with Crippen LogP contribution in [0, 0.1) is 5.92 Å². The first-order chi connectivity index (χ1) is 18.9. The van der Waals surface area contributed by atoms with Gasteiger partial charge in [-0.2, -0.15) is 25.3 Å². The first-order valence-corrected chi connectivity index (χ1v) is 14.3. The van der Waals surface area contributed by atoms with Crippen molar-refractivity contribution in [1.82, 2.24) is 20.9 Å². The Morgan fingerprint density at radius 3 is 2.05 bits per heavy atom. The summed E-state index contributed by atoms with van der Waals surface area (Å²) in [7, 11) is 0. The summed E-state index contributed by atoms with van der Waals surface area (Å²) in [6.07, 6.45) is 1.30. The van der Waals surface area contributed by atoms with Gasteiger partial charge in [-0.05, 0) is 42.9 Å². The quantitative estimate of drug-likeness (QED) is 0.134. The second-order valence-corrected chi connectivity index (χ2v) is 10.9. The molecule has 14 heteroatoms. The van der Waals surface area contributed by atoms with Gasteiger partial charge in [0, 0.05) is 24.5 Å². The highest BCUT2D eigenvalue weighted by Gasteiger charge is 2.38. The van der Waals surface area contributed by atoms with E-state index in [9.17, 15) is 34.2 Å². The van der Waals surface area contributed by atoms with Crippen LogP contribution in [-0.2, 0) is 30.4 Å². The predicted octanol–water partition coefficient (Wildman–Crippen LogP) is -0.302. The van der Waals surface area contributed by atoms with Crippen molar-refractivity contribution in [3.05, 3.63) is 29.8 Å². The zero-order chi connectivity index (χ0) is 30.0. The van der Waals surface area contributed by atoms with Crippen LogP contribution in [0.4, 0.5) is 0 Å². The van der Waals surface area contributed by atoms with Crippen molar-refractivity contribution in [2.75, 3.05) is 18.1 Å². The number of thiol groups is 2. The molecule has 1 fully saturated rings. The van der Waals surface area contributed by atoms with E-state index in [1.54, 1.807) is 12.1 Å².